The first-order valence-corrected chi connectivity index (χ1v) is 8.41. The zero-order valence-electron chi connectivity index (χ0n) is 11.4. The summed E-state index contributed by atoms with van der Waals surface area (Å²) in [5.41, 5.74) is 7.30. The number of nitrogens with two attached hydrogens (primary N) is 1. The zero-order valence-corrected chi connectivity index (χ0v) is 12.2. The third-order valence-electron chi connectivity index (χ3n) is 3.43. The maximum atomic E-state index is 12.5. The molecule has 5 heteroatoms. The molecule has 0 unspecified atom stereocenters. The minimum atomic E-state index is -3.23. The van der Waals surface area contributed by atoms with E-state index in [1.54, 1.807) is 4.31 Å². The van der Waals surface area contributed by atoms with Gasteiger partial charge in [0.15, 0.2) is 0 Å². The third kappa shape index (κ3) is 3.70. The fourth-order valence-electron chi connectivity index (χ4n) is 2.16. The topological polar surface area (TPSA) is 63.4 Å². The van der Waals surface area contributed by atoms with E-state index in [1.807, 2.05) is 31.2 Å². The molecule has 1 fully saturated rings. The molecule has 0 atom stereocenters. The highest BCUT2D eigenvalue weighted by Crippen LogP contribution is 2.33. The highest BCUT2D eigenvalue weighted by Gasteiger charge is 2.32. The number of para-hydroxylation sites is 1. The van der Waals surface area contributed by atoms with Crippen LogP contribution in [0.1, 0.15) is 24.8 Å². The van der Waals surface area contributed by atoms with Crippen LogP contribution in [0.2, 0.25) is 0 Å². The van der Waals surface area contributed by atoms with Gasteiger partial charge in [-0.25, -0.2) is 8.42 Å². The molecule has 0 amide bonds. The lowest BCUT2D eigenvalue weighted by Gasteiger charge is -2.26. The number of hydrogen-bond donors (Lipinski definition) is 1. The molecule has 1 saturated carbocycles. The van der Waals surface area contributed by atoms with Crippen molar-refractivity contribution in [1.29, 1.82) is 0 Å². The average molecular weight is 282 g/mol. The van der Waals surface area contributed by atoms with E-state index in [2.05, 4.69) is 0 Å². The van der Waals surface area contributed by atoms with Crippen molar-refractivity contribution in [3.05, 3.63) is 29.8 Å². The lowest BCUT2D eigenvalue weighted by atomic mass is 10.2. The normalized spacial score (nSPS) is 15.5. The first kappa shape index (κ1) is 14.3. The molecule has 19 heavy (non-hydrogen) atoms. The molecule has 0 saturated heterocycles. The largest absolute Gasteiger partial charge is 0.330 e. The number of hydrogen-bond acceptors (Lipinski definition) is 3. The van der Waals surface area contributed by atoms with Crippen molar-refractivity contribution in [1.82, 2.24) is 0 Å². The molecule has 0 aliphatic heterocycles. The summed E-state index contributed by atoms with van der Waals surface area (Å²) < 4.78 is 26.6. The summed E-state index contributed by atoms with van der Waals surface area (Å²) in [6.07, 6.45) is 2.76. The quantitative estimate of drug-likeness (QED) is 0.830. The van der Waals surface area contributed by atoms with Gasteiger partial charge in [-0.3, -0.25) is 4.31 Å². The summed E-state index contributed by atoms with van der Waals surface area (Å²) in [7, 11) is -3.23. The van der Waals surface area contributed by atoms with Crippen molar-refractivity contribution in [2.45, 2.75) is 26.2 Å². The van der Waals surface area contributed by atoms with Crippen LogP contribution in [-0.4, -0.2) is 27.3 Å². The zero-order chi connectivity index (χ0) is 13.9. The van der Waals surface area contributed by atoms with Gasteiger partial charge in [0, 0.05) is 6.54 Å². The van der Waals surface area contributed by atoms with Gasteiger partial charge in [-0.1, -0.05) is 18.2 Å². The molecule has 1 aliphatic rings. The summed E-state index contributed by atoms with van der Waals surface area (Å²) in [5.74, 6) is 0.626. The van der Waals surface area contributed by atoms with E-state index in [9.17, 15) is 8.42 Å². The van der Waals surface area contributed by atoms with Gasteiger partial charge >= 0.3 is 0 Å². The fraction of sp³-hybridized carbons (Fsp3) is 0.571. The van der Waals surface area contributed by atoms with Crippen molar-refractivity contribution >= 4 is 15.7 Å². The molecule has 0 aromatic heterocycles. The highest BCUT2D eigenvalue weighted by molar-refractivity contribution is 7.92. The summed E-state index contributed by atoms with van der Waals surface area (Å²) in [5, 5.41) is 0. The number of benzene rings is 1. The van der Waals surface area contributed by atoms with Crippen LogP contribution >= 0.6 is 0 Å². The first-order chi connectivity index (χ1) is 9.04. The van der Waals surface area contributed by atoms with Crippen molar-refractivity contribution in [3.8, 4) is 0 Å². The van der Waals surface area contributed by atoms with Crippen LogP contribution in [0, 0.1) is 12.8 Å². The molecule has 0 heterocycles. The standard InChI is InChI=1S/C14H22N2O2S/c1-12-5-2-3-6-14(12)16(10-4-9-15)19(17,18)11-13-7-8-13/h2-3,5-6,13H,4,7-11,15H2,1H3. The number of aryl methyl sites for hydroxylation is 1. The van der Waals surface area contributed by atoms with E-state index >= 15 is 0 Å². The molecular formula is C14H22N2O2S. The summed E-state index contributed by atoms with van der Waals surface area (Å²) in [4.78, 5) is 0. The third-order valence-corrected chi connectivity index (χ3v) is 5.37. The van der Waals surface area contributed by atoms with E-state index in [0.717, 1.165) is 24.1 Å². The average Bonchev–Trinajstić information content (AvgIpc) is 3.14. The Morgan fingerprint density at radius 3 is 2.58 bits per heavy atom. The van der Waals surface area contributed by atoms with E-state index in [1.165, 1.54) is 0 Å². The summed E-state index contributed by atoms with van der Waals surface area (Å²) >= 11 is 0. The second-order valence-corrected chi connectivity index (χ2v) is 7.16. The second kappa shape index (κ2) is 5.92. The maximum absolute atomic E-state index is 12.5. The Morgan fingerprint density at radius 1 is 1.32 bits per heavy atom. The monoisotopic (exact) mass is 282 g/mol. The second-order valence-electron chi connectivity index (χ2n) is 5.22. The van der Waals surface area contributed by atoms with Crippen molar-refractivity contribution in [2.75, 3.05) is 23.1 Å². The van der Waals surface area contributed by atoms with Crippen LogP contribution in [0.4, 0.5) is 5.69 Å². The Bertz CT molecular complexity index is 524. The number of nitrogens with zero attached hydrogens (tertiary/aromatic N) is 1. The minimum absolute atomic E-state index is 0.270. The van der Waals surface area contributed by atoms with Gasteiger partial charge in [0.25, 0.3) is 0 Å². The van der Waals surface area contributed by atoms with Crippen LogP contribution in [-0.2, 0) is 10.0 Å². The van der Waals surface area contributed by atoms with Crippen molar-refractivity contribution in [2.24, 2.45) is 11.7 Å². The van der Waals surface area contributed by atoms with E-state index < -0.39 is 10.0 Å². The summed E-state index contributed by atoms with van der Waals surface area (Å²) in [6, 6.07) is 7.62. The van der Waals surface area contributed by atoms with E-state index in [0.29, 0.717) is 25.4 Å². The Labute approximate surface area is 115 Å². The summed E-state index contributed by atoms with van der Waals surface area (Å²) in [6.45, 7) is 2.91. The van der Waals surface area contributed by atoms with Gasteiger partial charge in [0.2, 0.25) is 10.0 Å². The van der Waals surface area contributed by atoms with Crippen LogP contribution in [0.3, 0.4) is 0 Å². The maximum Gasteiger partial charge on any atom is 0.235 e. The number of anilines is 1. The molecular weight excluding hydrogens is 260 g/mol. The molecule has 4 nitrogen and oxygen atoms in total. The molecule has 0 radical (unpaired) electrons. The smallest absolute Gasteiger partial charge is 0.235 e. The van der Waals surface area contributed by atoms with Crippen molar-refractivity contribution < 1.29 is 8.42 Å². The lowest BCUT2D eigenvalue weighted by molar-refractivity contribution is 0.585. The molecule has 1 aliphatic carbocycles. The Balaban J connectivity index is 2.26. The lowest BCUT2D eigenvalue weighted by Crippen LogP contribution is -2.35. The SMILES string of the molecule is Cc1ccccc1N(CCCN)S(=O)(=O)CC1CC1. The highest BCUT2D eigenvalue weighted by atomic mass is 32.2. The fourth-order valence-corrected chi connectivity index (χ4v) is 4.18. The molecule has 0 bridgehead atoms. The van der Waals surface area contributed by atoms with Crippen LogP contribution in [0.25, 0.3) is 0 Å². The van der Waals surface area contributed by atoms with Gasteiger partial charge in [-0.05, 0) is 50.3 Å². The van der Waals surface area contributed by atoms with Crippen molar-refractivity contribution in [3.63, 3.8) is 0 Å². The molecule has 1 aromatic rings. The predicted molar refractivity (Wildman–Crippen MR) is 78.7 cm³/mol. The Hall–Kier alpha value is -1.07. The molecule has 106 valence electrons. The van der Waals surface area contributed by atoms with E-state index in [-0.39, 0.29) is 5.75 Å². The van der Waals surface area contributed by atoms with Gasteiger partial charge in [0.05, 0.1) is 11.4 Å². The minimum Gasteiger partial charge on any atom is -0.330 e. The van der Waals surface area contributed by atoms with Crippen LogP contribution in [0.15, 0.2) is 24.3 Å². The van der Waals surface area contributed by atoms with Crippen LogP contribution < -0.4 is 10.0 Å². The molecule has 2 N–H and O–H groups in total. The number of sulfonamides is 1. The van der Waals surface area contributed by atoms with Gasteiger partial charge < -0.3 is 5.73 Å². The predicted octanol–water partition coefficient (Wildman–Crippen LogP) is 1.89. The van der Waals surface area contributed by atoms with Gasteiger partial charge in [0.1, 0.15) is 0 Å². The Kier molecular flexibility index (Phi) is 4.47. The first-order valence-electron chi connectivity index (χ1n) is 6.80. The van der Waals surface area contributed by atoms with Gasteiger partial charge in [-0.2, -0.15) is 0 Å². The molecule has 0 spiro atoms. The molecule has 2 rings (SSSR count). The Morgan fingerprint density at radius 2 is 2.00 bits per heavy atom. The van der Waals surface area contributed by atoms with E-state index in [4.69, 9.17) is 5.73 Å². The van der Waals surface area contributed by atoms with Crippen LogP contribution in [0.5, 0.6) is 0 Å². The molecule has 1 aromatic carbocycles. The van der Waals surface area contributed by atoms with Gasteiger partial charge in [-0.15, -0.1) is 0 Å². The number of rotatable bonds is 7.